The average molecular weight is 382 g/mol. The lowest BCUT2D eigenvalue weighted by Crippen LogP contribution is -2.15. The van der Waals surface area contributed by atoms with Gasteiger partial charge in [-0.3, -0.25) is 0 Å². The van der Waals surface area contributed by atoms with Gasteiger partial charge < -0.3 is 14.0 Å². The quantitative estimate of drug-likeness (QED) is 0.754. The van der Waals surface area contributed by atoms with E-state index in [9.17, 15) is 0 Å². The van der Waals surface area contributed by atoms with Gasteiger partial charge in [-0.25, -0.2) is 0 Å². The molecule has 1 aromatic heterocycles. The highest BCUT2D eigenvalue weighted by atomic mass is 79.9. The number of rotatable bonds is 4. The first-order valence-electron chi connectivity index (χ1n) is 7.34. The maximum Gasteiger partial charge on any atom is 0.191 e. The van der Waals surface area contributed by atoms with Crippen molar-refractivity contribution >= 4 is 27.7 Å². The number of thioether (sulfide) groups is 1. The number of aryl methyl sites for hydroxylation is 1. The molecule has 4 rings (SSSR count). The van der Waals surface area contributed by atoms with E-state index in [1.807, 2.05) is 13.0 Å². The van der Waals surface area contributed by atoms with Gasteiger partial charge in [-0.2, -0.15) is 0 Å². The molecule has 0 atom stereocenters. The summed E-state index contributed by atoms with van der Waals surface area (Å²) in [5.74, 6) is 3.46. The summed E-state index contributed by atoms with van der Waals surface area (Å²) in [5, 5.41) is 9.53. The Morgan fingerprint density at radius 1 is 1.23 bits per heavy atom. The topological polar surface area (TPSA) is 49.2 Å². The van der Waals surface area contributed by atoms with Gasteiger partial charge in [0.2, 0.25) is 0 Å². The van der Waals surface area contributed by atoms with Gasteiger partial charge in [-0.1, -0.05) is 27.7 Å². The first-order chi connectivity index (χ1) is 10.7. The van der Waals surface area contributed by atoms with Crippen molar-refractivity contribution < 1.29 is 9.47 Å². The maximum absolute atomic E-state index is 5.66. The molecule has 0 N–H and O–H groups in total. The van der Waals surface area contributed by atoms with E-state index < -0.39 is 0 Å². The molecule has 2 heterocycles. The molecule has 1 saturated carbocycles. The highest BCUT2D eigenvalue weighted by Gasteiger charge is 2.28. The molecule has 7 heteroatoms. The molecular weight excluding hydrogens is 366 g/mol. The van der Waals surface area contributed by atoms with E-state index in [-0.39, 0.29) is 0 Å². The van der Waals surface area contributed by atoms with Gasteiger partial charge in [0.15, 0.2) is 16.7 Å². The number of aromatic nitrogens is 3. The minimum Gasteiger partial charge on any atom is -0.486 e. The number of ether oxygens (including phenoxy) is 2. The molecule has 1 aromatic carbocycles. The lowest BCUT2D eigenvalue weighted by molar-refractivity contribution is 0.171. The zero-order chi connectivity index (χ0) is 15.1. The molecule has 2 aliphatic rings. The molecule has 0 radical (unpaired) electrons. The van der Waals surface area contributed by atoms with Crippen LogP contribution in [0.3, 0.4) is 0 Å². The van der Waals surface area contributed by atoms with E-state index >= 15 is 0 Å². The Labute approximate surface area is 141 Å². The lowest BCUT2D eigenvalue weighted by atomic mass is 10.2. The molecule has 1 aliphatic heterocycles. The van der Waals surface area contributed by atoms with Crippen molar-refractivity contribution in [3.8, 4) is 11.5 Å². The lowest BCUT2D eigenvalue weighted by Gasteiger charge is -2.19. The number of fused-ring (bicyclic) bond motifs is 1. The molecule has 116 valence electrons. The smallest absolute Gasteiger partial charge is 0.191 e. The van der Waals surface area contributed by atoms with Crippen molar-refractivity contribution in [2.75, 3.05) is 13.2 Å². The van der Waals surface area contributed by atoms with E-state index in [0.29, 0.717) is 19.3 Å². The second kappa shape index (κ2) is 5.77. The van der Waals surface area contributed by atoms with Crippen molar-refractivity contribution in [2.45, 2.75) is 36.7 Å². The van der Waals surface area contributed by atoms with Crippen LogP contribution in [0.2, 0.25) is 0 Å². The van der Waals surface area contributed by atoms with E-state index in [0.717, 1.165) is 32.7 Å². The molecule has 0 bridgehead atoms. The fourth-order valence-electron chi connectivity index (χ4n) is 2.56. The summed E-state index contributed by atoms with van der Waals surface area (Å²) >= 11 is 5.34. The van der Waals surface area contributed by atoms with E-state index in [4.69, 9.17) is 9.47 Å². The van der Waals surface area contributed by atoms with Crippen LogP contribution in [0.15, 0.2) is 21.8 Å². The summed E-state index contributed by atoms with van der Waals surface area (Å²) in [6.07, 6.45) is 2.47. The van der Waals surface area contributed by atoms with Gasteiger partial charge >= 0.3 is 0 Å². The van der Waals surface area contributed by atoms with E-state index in [2.05, 4.69) is 36.8 Å². The van der Waals surface area contributed by atoms with Crippen LogP contribution in [-0.4, -0.2) is 28.0 Å². The Morgan fingerprint density at radius 2 is 1.95 bits per heavy atom. The highest BCUT2D eigenvalue weighted by Crippen LogP contribution is 2.41. The Hall–Kier alpha value is -1.21. The van der Waals surface area contributed by atoms with Crippen molar-refractivity contribution in [2.24, 2.45) is 0 Å². The number of halogens is 1. The largest absolute Gasteiger partial charge is 0.486 e. The zero-order valence-electron chi connectivity index (χ0n) is 12.2. The van der Waals surface area contributed by atoms with Crippen LogP contribution in [0.4, 0.5) is 0 Å². The molecule has 0 saturated heterocycles. The molecule has 5 nitrogen and oxygen atoms in total. The third kappa shape index (κ3) is 2.72. The molecule has 0 unspecified atom stereocenters. The summed E-state index contributed by atoms with van der Waals surface area (Å²) in [5.41, 5.74) is 1.18. The minimum atomic E-state index is 0.598. The highest BCUT2D eigenvalue weighted by molar-refractivity contribution is 9.10. The van der Waals surface area contributed by atoms with Gasteiger partial charge in [0.05, 0.1) is 0 Å². The van der Waals surface area contributed by atoms with Gasteiger partial charge in [0.1, 0.15) is 19.0 Å². The summed E-state index contributed by atoms with van der Waals surface area (Å²) in [7, 11) is 0. The average Bonchev–Trinajstić information content (AvgIpc) is 3.28. The number of hydrogen-bond acceptors (Lipinski definition) is 5. The van der Waals surface area contributed by atoms with Crippen LogP contribution in [0.5, 0.6) is 11.5 Å². The van der Waals surface area contributed by atoms with Crippen molar-refractivity contribution in [3.63, 3.8) is 0 Å². The molecule has 0 spiro atoms. The van der Waals surface area contributed by atoms with Gasteiger partial charge in [-0.15, -0.1) is 10.2 Å². The van der Waals surface area contributed by atoms with Crippen LogP contribution in [0.1, 0.15) is 30.3 Å². The Morgan fingerprint density at radius 3 is 2.68 bits per heavy atom. The Kier molecular flexibility index (Phi) is 3.78. The van der Waals surface area contributed by atoms with Crippen LogP contribution in [0, 0.1) is 6.92 Å². The summed E-state index contributed by atoms with van der Waals surface area (Å²) in [4.78, 5) is 0. The third-order valence-electron chi connectivity index (χ3n) is 3.82. The Bertz CT molecular complexity index is 715. The van der Waals surface area contributed by atoms with Crippen LogP contribution < -0.4 is 9.47 Å². The first kappa shape index (κ1) is 14.4. The fourth-order valence-corrected chi connectivity index (χ4v) is 4.25. The number of nitrogens with zero attached hydrogens (tertiary/aromatic N) is 3. The predicted molar refractivity (Wildman–Crippen MR) is 87.7 cm³/mol. The molecule has 22 heavy (non-hydrogen) atoms. The van der Waals surface area contributed by atoms with Crippen LogP contribution in [0.25, 0.3) is 0 Å². The van der Waals surface area contributed by atoms with Crippen LogP contribution in [-0.2, 0) is 5.75 Å². The van der Waals surface area contributed by atoms with Gasteiger partial charge in [0, 0.05) is 16.3 Å². The monoisotopic (exact) mass is 381 g/mol. The molecule has 2 aromatic rings. The Balaban J connectivity index is 1.54. The summed E-state index contributed by atoms with van der Waals surface area (Å²) < 4.78 is 14.6. The van der Waals surface area contributed by atoms with Crippen molar-refractivity contribution in [1.82, 2.24) is 14.8 Å². The second-order valence-electron chi connectivity index (χ2n) is 5.51. The molecule has 1 fully saturated rings. The summed E-state index contributed by atoms with van der Waals surface area (Å²) in [6.45, 7) is 3.24. The molecular formula is C15H16BrN3O2S. The third-order valence-corrected chi connectivity index (χ3v) is 5.55. The predicted octanol–water partition coefficient (Wildman–Crippen LogP) is 3.75. The standard InChI is InChI=1S/C15H16BrN3O2S/c1-9-17-18-15(19(9)11-2-3-11)22-8-10-6-13-14(7-12(10)16)21-5-4-20-13/h6-7,11H,2-5,8H2,1H3. The minimum absolute atomic E-state index is 0.598. The van der Waals surface area contributed by atoms with Gasteiger partial charge in [-0.05, 0) is 37.5 Å². The molecule has 1 aliphatic carbocycles. The number of hydrogen-bond donors (Lipinski definition) is 0. The number of benzene rings is 1. The summed E-state index contributed by atoms with van der Waals surface area (Å²) in [6, 6.07) is 4.64. The maximum atomic E-state index is 5.66. The van der Waals surface area contributed by atoms with E-state index in [1.54, 1.807) is 11.8 Å². The van der Waals surface area contributed by atoms with Crippen molar-refractivity contribution in [3.05, 3.63) is 28.0 Å². The fraction of sp³-hybridized carbons (Fsp3) is 0.467. The van der Waals surface area contributed by atoms with Crippen LogP contribution >= 0.6 is 27.7 Å². The molecule has 0 amide bonds. The SMILES string of the molecule is Cc1nnc(SCc2cc3c(cc2Br)OCCO3)n1C1CC1. The van der Waals surface area contributed by atoms with Gasteiger partial charge in [0.25, 0.3) is 0 Å². The second-order valence-corrected chi connectivity index (χ2v) is 7.30. The zero-order valence-corrected chi connectivity index (χ0v) is 14.6. The normalized spacial score (nSPS) is 16.8. The van der Waals surface area contributed by atoms with Crippen molar-refractivity contribution in [1.29, 1.82) is 0 Å². The first-order valence-corrected chi connectivity index (χ1v) is 9.12. The van der Waals surface area contributed by atoms with E-state index in [1.165, 1.54) is 18.4 Å².